The molecule has 0 bridgehead atoms. The first-order valence-electron chi connectivity index (χ1n) is 6.60. The van der Waals surface area contributed by atoms with Crippen molar-refractivity contribution in [3.63, 3.8) is 0 Å². The molecule has 0 aliphatic heterocycles. The van der Waals surface area contributed by atoms with Crippen molar-refractivity contribution >= 4 is 17.4 Å². The molecule has 2 aliphatic carbocycles. The largest absolute Gasteiger partial charge is 0.383 e. The third kappa shape index (κ3) is 2.10. The summed E-state index contributed by atoms with van der Waals surface area (Å²) >= 11 is 1.64. The van der Waals surface area contributed by atoms with Crippen molar-refractivity contribution in [1.82, 2.24) is 0 Å². The second-order valence-electron chi connectivity index (χ2n) is 5.48. The monoisotopic (exact) mass is 258 g/mol. The average molecular weight is 258 g/mol. The van der Waals surface area contributed by atoms with Crippen LogP contribution in [-0.2, 0) is 0 Å². The van der Waals surface area contributed by atoms with E-state index < -0.39 is 0 Å². The highest BCUT2D eigenvalue weighted by molar-refractivity contribution is 7.98. The summed E-state index contributed by atoms with van der Waals surface area (Å²) in [6, 6.07) is 8.41. The standard InChI is InChI=1S/C15H18N2S/c1-18-14-4-2-3-13(12(14)9-16)17-10-15(7-8-15)11-5-6-11/h2-4,11,17H,5-8,10H2,1H3. The summed E-state index contributed by atoms with van der Waals surface area (Å²) < 4.78 is 0. The molecule has 0 heterocycles. The van der Waals surface area contributed by atoms with E-state index in [0.29, 0.717) is 5.41 Å². The molecule has 1 aromatic rings. The number of hydrogen-bond acceptors (Lipinski definition) is 3. The molecule has 0 radical (unpaired) electrons. The van der Waals surface area contributed by atoms with Gasteiger partial charge in [0.2, 0.25) is 0 Å². The van der Waals surface area contributed by atoms with Gasteiger partial charge in [-0.25, -0.2) is 0 Å². The molecular weight excluding hydrogens is 240 g/mol. The smallest absolute Gasteiger partial charge is 0.102 e. The van der Waals surface area contributed by atoms with Gasteiger partial charge in [0.1, 0.15) is 6.07 Å². The molecule has 0 spiro atoms. The van der Waals surface area contributed by atoms with E-state index in [2.05, 4.69) is 11.4 Å². The first-order chi connectivity index (χ1) is 8.79. The van der Waals surface area contributed by atoms with Crippen molar-refractivity contribution in [2.24, 2.45) is 11.3 Å². The fraction of sp³-hybridized carbons (Fsp3) is 0.533. The molecule has 1 N–H and O–H groups in total. The second-order valence-corrected chi connectivity index (χ2v) is 6.33. The number of rotatable bonds is 5. The Labute approximate surface area is 113 Å². The van der Waals surface area contributed by atoms with E-state index in [9.17, 15) is 5.26 Å². The van der Waals surface area contributed by atoms with Gasteiger partial charge >= 0.3 is 0 Å². The van der Waals surface area contributed by atoms with Crippen molar-refractivity contribution in [1.29, 1.82) is 5.26 Å². The second kappa shape index (κ2) is 4.51. The van der Waals surface area contributed by atoms with Gasteiger partial charge in [0, 0.05) is 11.4 Å². The van der Waals surface area contributed by atoms with Crippen LogP contribution >= 0.6 is 11.8 Å². The summed E-state index contributed by atoms with van der Waals surface area (Å²) in [5.41, 5.74) is 2.38. The van der Waals surface area contributed by atoms with Crippen molar-refractivity contribution in [3.8, 4) is 6.07 Å². The quantitative estimate of drug-likeness (QED) is 0.814. The Morgan fingerprint density at radius 2 is 2.22 bits per heavy atom. The Morgan fingerprint density at radius 3 is 2.78 bits per heavy atom. The van der Waals surface area contributed by atoms with Crippen LogP contribution < -0.4 is 5.32 Å². The van der Waals surface area contributed by atoms with Gasteiger partial charge in [-0.05, 0) is 55.4 Å². The minimum Gasteiger partial charge on any atom is -0.383 e. The summed E-state index contributed by atoms with van der Waals surface area (Å²) in [6.07, 6.45) is 7.59. The van der Waals surface area contributed by atoms with Gasteiger partial charge in [0.05, 0.1) is 11.3 Å². The molecule has 94 valence electrons. The molecule has 2 aliphatic rings. The van der Waals surface area contributed by atoms with E-state index in [1.165, 1.54) is 25.7 Å². The van der Waals surface area contributed by atoms with E-state index in [0.717, 1.165) is 28.6 Å². The van der Waals surface area contributed by atoms with Crippen LogP contribution in [0.25, 0.3) is 0 Å². The minimum atomic E-state index is 0.572. The van der Waals surface area contributed by atoms with Crippen LogP contribution in [-0.4, -0.2) is 12.8 Å². The predicted molar refractivity (Wildman–Crippen MR) is 75.8 cm³/mol. The lowest BCUT2D eigenvalue weighted by Crippen LogP contribution is -2.18. The van der Waals surface area contributed by atoms with Crippen LogP contribution in [0.15, 0.2) is 23.1 Å². The highest BCUT2D eigenvalue weighted by Gasteiger charge is 2.53. The number of thioether (sulfide) groups is 1. The molecule has 0 saturated heterocycles. The molecule has 2 fully saturated rings. The predicted octanol–water partition coefficient (Wildman–Crippen LogP) is 3.88. The van der Waals surface area contributed by atoms with Gasteiger partial charge in [-0.2, -0.15) is 5.26 Å². The van der Waals surface area contributed by atoms with Gasteiger partial charge in [-0.1, -0.05) is 6.07 Å². The maximum Gasteiger partial charge on any atom is 0.102 e. The summed E-state index contributed by atoms with van der Waals surface area (Å²) in [5.74, 6) is 0.958. The Morgan fingerprint density at radius 1 is 1.44 bits per heavy atom. The third-order valence-corrected chi connectivity index (χ3v) is 5.10. The van der Waals surface area contributed by atoms with Gasteiger partial charge < -0.3 is 5.32 Å². The van der Waals surface area contributed by atoms with E-state index >= 15 is 0 Å². The van der Waals surface area contributed by atoms with Crippen LogP contribution in [0.4, 0.5) is 5.69 Å². The summed E-state index contributed by atoms with van der Waals surface area (Å²) in [4.78, 5) is 1.07. The molecule has 0 amide bonds. The summed E-state index contributed by atoms with van der Waals surface area (Å²) in [5, 5.41) is 12.8. The lowest BCUT2D eigenvalue weighted by Gasteiger charge is -2.17. The maximum atomic E-state index is 9.29. The van der Waals surface area contributed by atoms with Crippen molar-refractivity contribution in [2.45, 2.75) is 30.6 Å². The third-order valence-electron chi connectivity index (χ3n) is 4.32. The summed E-state index contributed by atoms with van der Waals surface area (Å²) in [6.45, 7) is 1.05. The fourth-order valence-corrected chi connectivity index (χ4v) is 3.40. The summed E-state index contributed by atoms with van der Waals surface area (Å²) in [7, 11) is 0. The van der Waals surface area contributed by atoms with Crippen LogP contribution in [0, 0.1) is 22.7 Å². The molecule has 0 aromatic heterocycles. The Balaban J connectivity index is 1.74. The van der Waals surface area contributed by atoms with Crippen molar-refractivity contribution in [2.75, 3.05) is 18.1 Å². The van der Waals surface area contributed by atoms with Crippen LogP contribution in [0.1, 0.15) is 31.2 Å². The maximum absolute atomic E-state index is 9.29. The van der Waals surface area contributed by atoms with Crippen molar-refractivity contribution in [3.05, 3.63) is 23.8 Å². The number of anilines is 1. The lowest BCUT2D eigenvalue weighted by atomic mass is 10.0. The molecule has 1 aromatic carbocycles. The number of nitriles is 1. The first kappa shape index (κ1) is 11.9. The van der Waals surface area contributed by atoms with Gasteiger partial charge in [-0.15, -0.1) is 11.8 Å². The van der Waals surface area contributed by atoms with Crippen molar-refractivity contribution < 1.29 is 0 Å². The topological polar surface area (TPSA) is 35.8 Å². The van der Waals surface area contributed by atoms with Gasteiger partial charge in [-0.3, -0.25) is 0 Å². The molecule has 18 heavy (non-hydrogen) atoms. The van der Waals surface area contributed by atoms with E-state index in [1.807, 2.05) is 24.5 Å². The molecule has 0 atom stereocenters. The zero-order chi connectivity index (χ0) is 12.6. The van der Waals surface area contributed by atoms with E-state index in [1.54, 1.807) is 11.8 Å². The zero-order valence-electron chi connectivity index (χ0n) is 10.7. The Kier molecular flexibility index (Phi) is 2.99. The fourth-order valence-electron chi connectivity index (χ4n) is 2.82. The number of nitrogens with one attached hydrogen (secondary N) is 1. The SMILES string of the molecule is CSc1cccc(NCC2(C3CC3)CC2)c1C#N. The number of hydrogen-bond donors (Lipinski definition) is 1. The average Bonchev–Trinajstić information content (AvgIpc) is 3.28. The van der Waals surface area contributed by atoms with Crippen LogP contribution in [0.5, 0.6) is 0 Å². The molecular formula is C15H18N2S. The normalized spacial score (nSPS) is 20.2. The van der Waals surface area contributed by atoms with Gasteiger partial charge in [0.25, 0.3) is 0 Å². The molecule has 2 saturated carbocycles. The lowest BCUT2D eigenvalue weighted by molar-refractivity contribution is 0.467. The number of benzene rings is 1. The van der Waals surface area contributed by atoms with Gasteiger partial charge in [0.15, 0.2) is 0 Å². The molecule has 2 nitrogen and oxygen atoms in total. The molecule has 3 heteroatoms. The molecule has 3 rings (SSSR count). The zero-order valence-corrected chi connectivity index (χ0v) is 11.5. The highest BCUT2D eigenvalue weighted by Crippen LogP contribution is 2.61. The Bertz CT molecular complexity index is 496. The highest BCUT2D eigenvalue weighted by atomic mass is 32.2. The Hall–Kier alpha value is -1.14. The minimum absolute atomic E-state index is 0.572. The van der Waals surface area contributed by atoms with Crippen LogP contribution in [0.2, 0.25) is 0 Å². The van der Waals surface area contributed by atoms with E-state index in [-0.39, 0.29) is 0 Å². The van der Waals surface area contributed by atoms with Crippen LogP contribution in [0.3, 0.4) is 0 Å². The van der Waals surface area contributed by atoms with E-state index in [4.69, 9.17) is 0 Å². The number of nitrogens with zero attached hydrogens (tertiary/aromatic N) is 1. The molecule has 0 unspecified atom stereocenters. The first-order valence-corrected chi connectivity index (χ1v) is 7.82.